The van der Waals surface area contributed by atoms with Crippen molar-refractivity contribution in [3.8, 4) is 0 Å². The van der Waals surface area contributed by atoms with Crippen molar-refractivity contribution in [1.29, 1.82) is 0 Å². The van der Waals surface area contributed by atoms with Gasteiger partial charge in [-0.2, -0.15) is 26.3 Å². The average Bonchev–Trinajstić information content (AvgIpc) is 3.28. The maximum absolute atomic E-state index is 14.4. The number of halogens is 7. The molecule has 1 heterocycles. The largest absolute Gasteiger partial charge is 0.435 e. The van der Waals surface area contributed by atoms with Crippen LogP contribution in [-0.4, -0.2) is 64.8 Å². The van der Waals surface area contributed by atoms with Gasteiger partial charge in [0, 0.05) is 11.6 Å². The Morgan fingerprint density at radius 3 is 2.12 bits per heavy atom. The Kier molecular flexibility index (Phi) is 5.83. The number of nitrogens with one attached hydrogen (secondary N) is 1. The van der Waals surface area contributed by atoms with Gasteiger partial charge in [-0.15, -0.1) is 0 Å². The molecule has 5 nitrogen and oxygen atoms in total. The first-order valence-electron chi connectivity index (χ1n) is 10.6. The fraction of sp³-hybridized carbons (Fsp3) is 0.667. The van der Waals surface area contributed by atoms with Gasteiger partial charge in [-0.25, -0.2) is 9.18 Å². The zero-order valence-corrected chi connectivity index (χ0v) is 17.3. The molecule has 184 valence electrons. The maximum Gasteiger partial charge on any atom is 0.435 e. The quantitative estimate of drug-likeness (QED) is 0.563. The van der Waals surface area contributed by atoms with Crippen molar-refractivity contribution in [1.82, 2.24) is 10.2 Å². The van der Waals surface area contributed by atoms with Crippen LogP contribution in [0.1, 0.15) is 41.9 Å². The second kappa shape index (κ2) is 8.00. The summed E-state index contributed by atoms with van der Waals surface area (Å²) < 4.78 is 93.1. The maximum atomic E-state index is 14.4. The van der Waals surface area contributed by atoms with Crippen molar-refractivity contribution in [3.63, 3.8) is 0 Å². The van der Waals surface area contributed by atoms with Gasteiger partial charge in [-0.3, -0.25) is 0 Å². The number of amides is 2. The van der Waals surface area contributed by atoms with Crippen LogP contribution in [0, 0.1) is 5.92 Å². The van der Waals surface area contributed by atoms with E-state index in [9.17, 15) is 45.7 Å². The van der Waals surface area contributed by atoms with E-state index in [0.717, 1.165) is 6.07 Å². The van der Waals surface area contributed by atoms with Gasteiger partial charge < -0.3 is 20.4 Å². The molecular weight excluding hydrogens is 461 g/mol. The van der Waals surface area contributed by atoms with E-state index in [0.29, 0.717) is 37.0 Å². The number of likely N-dealkylation sites (tertiary alicyclic amines) is 1. The third-order valence-electron chi connectivity index (χ3n) is 7.15. The molecule has 3 aliphatic rings. The predicted octanol–water partition coefficient (Wildman–Crippen LogP) is 3.53. The number of hydrogen-bond acceptors (Lipinski definition) is 3. The summed E-state index contributed by atoms with van der Waals surface area (Å²) in [4.78, 5) is 13.8. The number of carbonyl (C=O) groups is 1. The number of urea groups is 1. The monoisotopic (exact) mass is 484 g/mol. The molecule has 0 unspecified atom stereocenters. The summed E-state index contributed by atoms with van der Waals surface area (Å²) in [5.74, 6) is -0.265. The molecule has 1 saturated heterocycles. The Hall–Kier alpha value is -2.08. The number of hydrogen-bond donors (Lipinski definition) is 3. The van der Waals surface area contributed by atoms with Crippen LogP contribution in [0.25, 0.3) is 0 Å². The SMILES string of the molecule is O=C(N[C@@H]1CC[C@H]2c3ccc(C(F)(C(F)(F)F)C(F)(F)F)cc3CC[C@@H]12)N1C[C@@H](O)[C@@H](O)C1. The minimum Gasteiger partial charge on any atom is -0.388 e. The van der Waals surface area contributed by atoms with E-state index < -0.39 is 41.8 Å². The third kappa shape index (κ3) is 3.94. The molecule has 1 aromatic carbocycles. The first-order valence-corrected chi connectivity index (χ1v) is 10.6. The Morgan fingerprint density at radius 1 is 0.939 bits per heavy atom. The number of carbonyl (C=O) groups excluding carboxylic acids is 1. The normalized spacial score (nSPS) is 30.2. The highest BCUT2D eigenvalue weighted by molar-refractivity contribution is 5.75. The van der Waals surface area contributed by atoms with Crippen molar-refractivity contribution in [2.45, 2.75) is 67.9 Å². The van der Waals surface area contributed by atoms with Gasteiger partial charge in [-0.1, -0.05) is 18.2 Å². The number of β-amino-alcohol motifs (C(OH)–C–C–N with tert-alkyl or cyclic N) is 2. The molecule has 0 bridgehead atoms. The highest BCUT2D eigenvalue weighted by Gasteiger charge is 2.73. The van der Waals surface area contributed by atoms with Gasteiger partial charge in [-0.05, 0) is 48.6 Å². The van der Waals surface area contributed by atoms with Crippen LogP contribution in [0.2, 0.25) is 0 Å². The molecule has 1 aromatic rings. The van der Waals surface area contributed by atoms with Crippen molar-refractivity contribution in [2.75, 3.05) is 13.1 Å². The minimum absolute atomic E-state index is 0.0111. The van der Waals surface area contributed by atoms with Crippen LogP contribution in [-0.2, 0) is 12.1 Å². The Labute approximate surface area is 184 Å². The molecule has 2 fully saturated rings. The number of aliphatic hydroxyl groups excluding tert-OH is 2. The van der Waals surface area contributed by atoms with Crippen LogP contribution >= 0.6 is 0 Å². The van der Waals surface area contributed by atoms with E-state index in [4.69, 9.17) is 0 Å². The Bertz CT molecular complexity index is 896. The molecule has 0 spiro atoms. The first kappa shape index (κ1) is 24.1. The Morgan fingerprint density at radius 2 is 1.55 bits per heavy atom. The van der Waals surface area contributed by atoms with E-state index in [1.54, 1.807) is 0 Å². The summed E-state index contributed by atoms with van der Waals surface area (Å²) in [6.07, 6.45) is -12.7. The molecule has 0 radical (unpaired) electrons. The van der Waals surface area contributed by atoms with Gasteiger partial charge in [0.05, 0.1) is 25.3 Å². The molecule has 0 aromatic heterocycles. The van der Waals surface area contributed by atoms with Crippen LogP contribution < -0.4 is 5.32 Å². The van der Waals surface area contributed by atoms with E-state index >= 15 is 0 Å². The molecule has 1 saturated carbocycles. The number of aryl methyl sites for hydroxylation is 1. The number of benzene rings is 1. The second-order valence-electron chi connectivity index (χ2n) is 9.05. The number of rotatable bonds is 2. The smallest absolute Gasteiger partial charge is 0.388 e. The zero-order chi connectivity index (χ0) is 24.3. The topological polar surface area (TPSA) is 72.8 Å². The number of nitrogens with zero attached hydrogens (tertiary/aromatic N) is 1. The predicted molar refractivity (Wildman–Crippen MR) is 101 cm³/mol. The van der Waals surface area contributed by atoms with Crippen LogP contribution in [0.15, 0.2) is 18.2 Å². The van der Waals surface area contributed by atoms with Crippen LogP contribution in [0.5, 0.6) is 0 Å². The van der Waals surface area contributed by atoms with Crippen molar-refractivity contribution >= 4 is 6.03 Å². The lowest BCUT2D eigenvalue weighted by Gasteiger charge is -2.35. The molecule has 1 aliphatic heterocycles. The summed E-state index contributed by atoms with van der Waals surface area (Å²) in [6.45, 7) is -0.0222. The molecule has 3 N–H and O–H groups in total. The lowest BCUT2D eigenvalue weighted by atomic mass is 9.74. The van der Waals surface area contributed by atoms with Crippen molar-refractivity contribution in [3.05, 3.63) is 34.9 Å². The van der Waals surface area contributed by atoms with E-state index in [-0.39, 0.29) is 43.0 Å². The van der Waals surface area contributed by atoms with Gasteiger partial charge in [0.25, 0.3) is 0 Å². The van der Waals surface area contributed by atoms with E-state index in [1.165, 1.54) is 4.90 Å². The van der Waals surface area contributed by atoms with Gasteiger partial charge in [0.1, 0.15) is 0 Å². The average molecular weight is 484 g/mol. The molecule has 33 heavy (non-hydrogen) atoms. The van der Waals surface area contributed by atoms with Gasteiger partial charge in [0.2, 0.25) is 0 Å². The summed E-state index contributed by atoms with van der Waals surface area (Å²) in [5, 5.41) is 22.1. The summed E-state index contributed by atoms with van der Waals surface area (Å²) in [6, 6.07) is 1.66. The molecule has 5 atom stereocenters. The Balaban J connectivity index is 1.53. The van der Waals surface area contributed by atoms with Gasteiger partial charge in [0.15, 0.2) is 0 Å². The molecular formula is C21H23F7N2O3. The molecule has 2 amide bonds. The van der Waals surface area contributed by atoms with Crippen LogP contribution in [0.4, 0.5) is 35.5 Å². The molecule has 4 rings (SSSR count). The van der Waals surface area contributed by atoms with Gasteiger partial charge >= 0.3 is 24.1 Å². The summed E-state index contributed by atoms with van der Waals surface area (Å²) >= 11 is 0. The second-order valence-corrected chi connectivity index (χ2v) is 9.05. The number of fused-ring (bicyclic) bond motifs is 3. The lowest BCUT2D eigenvalue weighted by molar-refractivity contribution is -0.348. The highest BCUT2D eigenvalue weighted by Crippen LogP contribution is 2.54. The third-order valence-corrected chi connectivity index (χ3v) is 7.15. The summed E-state index contributed by atoms with van der Waals surface area (Å²) in [5.41, 5.74) is -6.11. The lowest BCUT2D eigenvalue weighted by Crippen LogP contribution is -2.50. The molecule has 2 aliphatic carbocycles. The van der Waals surface area contributed by atoms with Crippen molar-refractivity contribution in [2.24, 2.45) is 5.92 Å². The first-order chi connectivity index (χ1) is 15.2. The zero-order valence-electron chi connectivity index (χ0n) is 17.3. The van der Waals surface area contributed by atoms with E-state index in [1.807, 2.05) is 0 Å². The number of aliphatic hydroxyl groups is 2. The molecule has 12 heteroatoms. The minimum atomic E-state index is -6.16. The highest BCUT2D eigenvalue weighted by atomic mass is 19.4. The van der Waals surface area contributed by atoms with E-state index in [2.05, 4.69) is 5.32 Å². The fourth-order valence-corrected chi connectivity index (χ4v) is 5.43. The fourth-order valence-electron chi connectivity index (χ4n) is 5.43. The summed E-state index contributed by atoms with van der Waals surface area (Å²) in [7, 11) is 0. The standard InChI is InChI=1S/C21H23F7N2O3/c22-19(20(23,24)25,21(26,27)28)11-2-4-12-10(7-11)1-3-14-13(12)5-6-15(14)29-18(33)30-8-16(31)17(32)9-30/h2,4,7,13-17,31-32H,1,3,5-6,8-9H2,(H,29,33)/t13-,14+,15+,16-,17+/m0/s1. The van der Waals surface area contributed by atoms with Crippen molar-refractivity contribution < 1.29 is 45.7 Å². The number of alkyl halides is 7. The van der Waals surface area contributed by atoms with Crippen LogP contribution in [0.3, 0.4) is 0 Å².